The Morgan fingerprint density at radius 2 is 1.79 bits per heavy atom. The highest BCUT2D eigenvalue weighted by Crippen LogP contribution is 2.21. The summed E-state index contributed by atoms with van der Waals surface area (Å²) < 4.78 is 33.5. The molecular formula is C19H19N3O5S2. The normalized spacial score (nSPS) is 11.2. The standard InChI is InChI=1S/C19H19N3O5S2/c1-26-14-5-7-15(8-6-14)28-12-17(23)20-19-22-21-18(27-19)11-13-3-9-16(10-4-13)29(2,24)25/h3-10H,11-12H2,1-2H3,(H,20,22,23). The molecule has 0 fully saturated rings. The van der Waals surface area contributed by atoms with Gasteiger partial charge < -0.3 is 9.15 Å². The van der Waals surface area contributed by atoms with Crippen molar-refractivity contribution in [3.05, 3.63) is 60.0 Å². The molecule has 0 aliphatic rings. The summed E-state index contributed by atoms with van der Waals surface area (Å²) in [5.41, 5.74) is 0.814. The minimum absolute atomic E-state index is 0.0214. The van der Waals surface area contributed by atoms with Crippen molar-refractivity contribution in [2.45, 2.75) is 16.2 Å². The molecular weight excluding hydrogens is 414 g/mol. The molecule has 29 heavy (non-hydrogen) atoms. The quantitative estimate of drug-likeness (QED) is 0.540. The van der Waals surface area contributed by atoms with Crippen molar-refractivity contribution in [2.24, 2.45) is 0 Å². The Balaban J connectivity index is 1.52. The minimum Gasteiger partial charge on any atom is -0.497 e. The van der Waals surface area contributed by atoms with Crippen molar-refractivity contribution in [1.29, 1.82) is 0 Å². The lowest BCUT2D eigenvalue weighted by atomic mass is 10.1. The van der Waals surface area contributed by atoms with Gasteiger partial charge in [-0.3, -0.25) is 10.1 Å². The Kier molecular flexibility index (Phi) is 6.55. The first-order valence-electron chi connectivity index (χ1n) is 8.51. The average molecular weight is 434 g/mol. The van der Waals surface area contributed by atoms with Crippen molar-refractivity contribution < 1.29 is 22.4 Å². The zero-order chi connectivity index (χ0) is 20.9. The fraction of sp³-hybridized carbons (Fsp3) is 0.211. The summed E-state index contributed by atoms with van der Waals surface area (Å²) in [6.45, 7) is 0. The van der Waals surface area contributed by atoms with Gasteiger partial charge in [0, 0.05) is 11.2 Å². The average Bonchev–Trinajstić information content (AvgIpc) is 3.13. The van der Waals surface area contributed by atoms with Crippen LogP contribution in [0.3, 0.4) is 0 Å². The van der Waals surface area contributed by atoms with Crippen LogP contribution in [0.4, 0.5) is 6.01 Å². The second-order valence-electron chi connectivity index (χ2n) is 6.11. The molecule has 0 bridgehead atoms. The molecule has 1 amide bonds. The van der Waals surface area contributed by atoms with Crippen LogP contribution < -0.4 is 10.1 Å². The Bertz CT molecular complexity index is 1080. The van der Waals surface area contributed by atoms with Crippen molar-refractivity contribution in [2.75, 3.05) is 24.4 Å². The Hall–Kier alpha value is -2.85. The number of aromatic nitrogens is 2. The molecule has 0 atom stereocenters. The number of rotatable bonds is 8. The molecule has 0 saturated heterocycles. The van der Waals surface area contributed by atoms with Crippen LogP contribution in [0.15, 0.2) is 62.7 Å². The van der Waals surface area contributed by atoms with E-state index >= 15 is 0 Å². The van der Waals surface area contributed by atoms with Gasteiger partial charge >= 0.3 is 6.01 Å². The predicted molar refractivity (Wildman–Crippen MR) is 109 cm³/mol. The number of thioether (sulfide) groups is 1. The number of nitrogens with one attached hydrogen (secondary N) is 1. The number of carbonyl (C=O) groups excluding carboxylic acids is 1. The number of anilines is 1. The topological polar surface area (TPSA) is 111 Å². The monoisotopic (exact) mass is 433 g/mol. The number of hydrogen-bond donors (Lipinski definition) is 1. The summed E-state index contributed by atoms with van der Waals surface area (Å²) in [6.07, 6.45) is 1.48. The highest BCUT2D eigenvalue weighted by atomic mass is 32.2. The largest absolute Gasteiger partial charge is 0.497 e. The van der Waals surface area contributed by atoms with Gasteiger partial charge in [0.1, 0.15) is 5.75 Å². The third-order valence-electron chi connectivity index (χ3n) is 3.85. The molecule has 1 aromatic heterocycles. The Morgan fingerprint density at radius 1 is 1.10 bits per heavy atom. The first kappa shape index (κ1) is 20.9. The number of nitrogens with zero attached hydrogens (tertiary/aromatic N) is 2. The van der Waals surface area contributed by atoms with Gasteiger partial charge in [0.25, 0.3) is 0 Å². The van der Waals surface area contributed by atoms with E-state index in [9.17, 15) is 13.2 Å². The van der Waals surface area contributed by atoms with Gasteiger partial charge in [-0.2, -0.15) is 0 Å². The van der Waals surface area contributed by atoms with Gasteiger partial charge in [-0.25, -0.2) is 8.42 Å². The first-order valence-corrected chi connectivity index (χ1v) is 11.4. The van der Waals surface area contributed by atoms with E-state index in [1.807, 2.05) is 24.3 Å². The zero-order valence-corrected chi connectivity index (χ0v) is 17.4. The van der Waals surface area contributed by atoms with Gasteiger partial charge in [-0.1, -0.05) is 17.2 Å². The van der Waals surface area contributed by atoms with Crippen LogP contribution >= 0.6 is 11.8 Å². The third kappa shape index (κ3) is 6.06. The lowest BCUT2D eigenvalue weighted by Crippen LogP contribution is -2.14. The highest BCUT2D eigenvalue weighted by Gasteiger charge is 2.12. The molecule has 0 saturated carbocycles. The number of sulfone groups is 1. The van der Waals surface area contributed by atoms with Crippen molar-refractivity contribution in [3.8, 4) is 5.75 Å². The number of benzene rings is 2. The summed E-state index contributed by atoms with van der Waals surface area (Å²) in [5.74, 6) is 0.994. The van der Waals surface area contributed by atoms with Gasteiger partial charge in [0.05, 0.1) is 24.2 Å². The van der Waals surface area contributed by atoms with E-state index in [0.29, 0.717) is 12.3 Å². The van der Waals surface area contributed by atoms with Gasteiger partial charge in [-0.15, -0.1) is 16.9 Å². The Morgan fingerprint density at radius 3 is 2.41 bits per heavy atom. The summed E-state index contributed by atoms with van der Waals surface area (Å²) in [4.78, 5) is 13.2. The van der Waals surface area contributed by atoms with Crippen LogP contribution in [0.25, 0.3) is 0 Å². The second-order valence-corrected chi connectivity index (χ2v) is 9.17. The molecule has 3 rings (SSSR count). The minimum atomic E-state index is -3.24. The van der Waals surface area contributed by atoms with Crippen LogP contribution in [-0.2, 0) is 21.1 Å². The number of amides is 1. The van der Waals surface area contributed by atoms with Crippen LogP contribution in [0.5, 0.6) is 5.75 Å². The maximum Gasteiger partial charge on any atom is 0.322 e. The molecule has 0 unspecified atom stereocenters. The summed E-state index contributed by atoms with van der Waals surface area (Å²) >= 11 is 1.37. The van der Waals surface area contributed by atoms with Crippen LogP contribution in [-0.4, -0.2) is 43.6 Å². The van der Waals surface area contributed by atoms with Crippen LogP contribution in [0, 0.1) is 0 Å². The number of carbonyl (C=O) groups is 1. The molecule has 152 valence electrons. The molecule has 10 heteroatoms. The maximum absolute atomic E-state index is 12.1. The summed E-state index contributed by atoms with van der Waals surface area (Å²) in [6, 6.07) is 13.8. The molecule has 0 spiro atoms. The van der Waals surface area contributed by atoms with E-state index in [1.165, 1.54) is 23.9 Å². The SMILES string of the molecule is COc1ccc(SCC(=O)Nc2nnc(Cc3ccc(S(C)(=O)=O)cc3)o2)cc1. The van der Waals surface area contributed by atoms with Crippen LogP contribution in [0.2, 0.25) is 0 Å². The Labute approximate surface area is 172 Å². The lowest BCUT2D eigenvalue weighted by Gasteiger charge is -2.03. The summed E-state index contributed by atoms with van der Waals surface area (Å²) in [7, 11) is -1.64. The lowest BCUT2D eigenvalue weighted by molar-refractivity contribution is -0.113. The molecule has 1 N–H and O–H groups in total. The number of ether oxygens (including phenoxy) is 1. The third-order valence-corrected chi connectivity index (χ3v) is 5.99. The fourth-order valence-corrected chi connectivity index (χ4v) is 3.71. The highest BCUT2D eigenvalue weighted by molar-refractivity contribution is 8.00. The zero-order valence-electron chi connectivity index (χ0n) is 15.8. The molecule has 3 aromatic rings. The molecule has 0 aliphatic carbocycles. The van der Waals surface area contributed by atoms with Crippen LogP contribution in [0.1, 0.15) is 11.5 Å². The van der Waals surface area contributed by atoms with E-state index in [1.54, 1.807) is 19.2 Å². The van der Waals surface area contributed by atoms with Crippen molar-refractivity contribution in [3.63, 3.8) is 0 Å². The van der Waals surface area contributed by atoms with E-state index in [-0.39, 0.29) is 22.6 Å². The first-order chi connectivity index (χ1) is 13.8. The molecule has 8 nitrogen and oxygen atoms in total. The van der Waals surface area contributed by atoms with E-state index in [0.717, 1.165) is 22.5 Å². The van der Waals surface area contributed by atoms with Crippen molar-refractivity contribution in [1.82, 2.24) is 10.2 Å². The van der Waals surface area contributed by atoms with Gasteiger partial charge in [0.2, 0.25) is 11.8 Å². The fourth-order valence-electron chi connectivity index (χ4n) is 2.38. The second kappa shape index (κ2) is 9.10. The summed E-state index contributed by atoms with van der Waals surface area (Å²) in [5, 5.41) is 10.3. The molecule has 2 aromatic carbocycles. The number of methoxy groups -OCH3 is 1. The molecule has 0 radical (unpaired) electrons. The predicted octanol–water partition coefficient (Wildman–Crippen LogP) is 2.80. The molecule has 0 aliphatic heterocycles. The number of hydrogen-bond acceptors (Lipinski definition) is 8. The van der Waals surface area contributed by atoms with E-state index in [4.69, 9.17) is 9.15 Å². The van der Waals surface area contributed by atoms with E-state index < -0.39 is 9.84 Å². The smallest absolute Gasteiger partial charge is 0.322 e. The van der Waals surface area contributed by atoms with E-state index in [2.05, 4.69) is 15.5 Å². The van der Waals surface area contributed by atoms with Gasteiger partial charge in [0.15, 0.2) is 9.84 Å². The van der Waals surface area contributed by atoms with Crippen molar-refractivity contribution >= 4 is 33.5 Å². The maximum atomic E-state index is 12.1. The molecule has 1 heterocycles. The van der Waals surface area contributed by atoms with Gasteiger partial charge in [-0.05, 0) is 42.0 Å².